The third-order valence-electron chi connectivity index (χ3n) is 5.27. The van der Waals surface area contributed by atoms with Crippen molar-refractivity contribution >= 4 is 17.3 Å². The molecule has 0 saturated heterocycles. The lowest BCUT2D eigenvalue weighted by molar-refractivity contribution is -0.128. The van der Waals surface area contributed by atoms with Crippen LogP contribution >= 0.6 is 0 Å². The lowest BCUT2D eigenvalue weighted by Gasteiger charge is -2.15. The molecule has 0 spiro atoms. The number of benzene rings is 2. The van der Waals surface area contributed by atoms with Gasteiger partial charge in [0.05, 0.1) is 24.3 Å². The second-order valence-electron chi connectivity index (χ2n) is 7.67. The Kier molecular flexibility index (Phi) is 8.15. The van der Waals surface area contributed by atoms with E-state index < -0.39 is 5.91 Å². The van der Waals surface area contributed by atoms with Gasteiger partial charge in [0.2, 0.25) is 5.91 Å². The summed E-state index contributed by atoms with van der Waals surface area (Å²) in [6.45, 7) is 4.28. The van der Waals surface area contributed by atoms with Crippen LogP contribution < -0.4 is 21.1 Å². The van der Waals surface area contributed by atoms with Gasteiger partial charge in [-0.2, -0.15) is 0 Å². The van der Waals surface area contributed by atoms with Crippen molar-refractivity contribution in [2.45, 2.75) is 33.1 Å². The highest BCUT2D eigenvalue weighted by molar-refractivity contribution is 6.01. The van der Waals surface area contributed by atoms with E-state index >= 15 is 0 Å². The maximum absolute atomic E-state index is 12.8. The molecule has 1 aromatic heterocycles. The maximum Gasteiger partial charge on any atom is 0.275 e. The van der Waals surface area contributed by atoms with Crippen LogP contribution in [0.5, 0.6) is 5.75 Å². The number of ether oxygens (including phenoxy) is 1. The number of hydroxylamine groups is 1. The van der Waals surface area contributed by atoms with Crippen molar-refractivity contribution in [1.29, 1.82) is 5.41 Å². The summed E-state index contributed by atoms with van der Waals surface area (Å²) < 4.78 is 5.80. The van der Waals surface area contributed by atoms with Gasteiger partial charge in [0.15, 0.2) is 0 Å². The Bertz CT molecular complexity index is 1240. The molecule has 0 atom stereocenters. The Morgan fingerprint density at radius 3 is 2.47 bits per heavy atom. The molecule has 2 aromatic carbocycles. The van der Waals surface area contributed by atoms with Crippen molar-refractivity contribution in [3.05, 3.63) is 64.1 Å². The summed E-state index contributed by atoms with van der Waals surface area (Å²) in [5.74, 6) is 0.401. The molecule has 34 heavy (non-hydrogen) atoms. The van der Waals surface area contributed by atoms with Gasteiger partial charge in [-0.15, -0.1) is 0 Å². The molecule has 0 aliphatic heterocycles. The first-order chi connectivity index (χ1) is 16.4. The van der Waals surface area contributed by atoms with Crippen molar-refractivity contribution in [1.82, 2.24) is 15.4 Å². The Morgan fingerprint density at radius 1 is 1.15 bits per heavy atom. The number of hydrogen-bond acceptors (Lipinski definition) is 7. The van der Waals surface area contributed by atoms with Crippen LogP contribution in [0.2, 0.25) is 0 Å². The van der Waals surface area contributed by atoms with Crippen molar-refractivity contribution in [3.8, 4) is 28.3 Å². The van der Waals surface area contributed by atoms with Gasteiger partial charge in [-0.3, -0.25) is 14.8 Å². The fraction of sp³-hybridized carbons (Fsp3) is 0.280. The average Bonchev–Trinajstić information content (AvgIpc) is 2.84. The average molecular weight is 464 g/mol. The first-order valence-corrected chi connectivity index (χ1v) is 11.1. The zero-order chi connectivity index (χ0) is 24.7. The summed E-state index contributed by atoms with van der Waals surface area (Å²) in [5.41, 5.74) is 5.26. The van der Waals surface area contributed by atoms with Crippen LogP contribution in [0.3, 0.4) is 0 Å². The molecule has 5 N–H and O–H groups in total. The summed E-state index contributed by atoms with van der Waals surface area (Å²) in [6.07, 6.45) is 1.34. The number of nitrogens with one attached hydrogen (secondary N) is 4. The molecule has 0 unspecified atom stereocenters. The minimum Gasteiger partial charge on any atom is -0.493 e. The predicted octanol–water partition coefficient (Wildman–Crippen LogP) is 3.76. The smallest absolute Gasteiger partial charge is 0.275 e. The summed E-state index contributed by atoms with van der Waals surface area (Å²) in [6, 6.07) is 13.0. The molecule has 3 aromatic rings. The van der Waals surface area contributed by atoms with E-state index in [-0.39, 0.29) is 23.4 Å². The van der Waals surface area contributed by atoms with Crippen LogP contribution in [-0.4, -0.2) is 40.4 Å². The zero-order valence-electron chi connectivity index (χ0n) is 19.5. The Balaban J connectivity index is 2.09. The monoisotopic (exact) mass is 463 g/mol. The number of nitrogens with zero attached hydrogens (tertiary/aromatic N) is 1. The molecule has 9 nitrogen and oxygen atoms in total. The van der Waals surface area contributed by atoms with E-state index in [0.29, 0.717) is 35.9 Å². The second-order valence-corrected chi connectivity index (χ2v) is 7.67. The number of hydrogen-bond donors (Lipinski definition) is 5. The summed E-state index contributed by atoms with van der Waals surface area (Å²) in [5, 5.41) is 20.0. The highest BCUT2D eigenvalue weighted by atomic mass is 16.5. The van der Waals surface area contributed by atoms with Crippen LogP contribution in [0.4, 0.5) is 5.69 Å². The molecule has 178 valence electrons. The summed E-state index contributed by atoms with van der Waals surface area (Å²) in [4.78, 5) is 31.7. The van der Waals surface area contributed by atoms with Crippen LogP contribution in [0.25, 0.3) is 22.5 Å². The molecule has 0 bridgehead atoms. The highest BCUT2D eigenvalue weighted by Crippen LogP contribution is 2.33. The number of carbonyl (C=O) groups is 1. The third kappa shape index (κ3) is 5.49. The Labute approximate surface area is 197 Å². The number of rotatable bonds is 10. The summed E-state index contributed by atoms with van der Waals surface area (Å²) in [7, 11) is 1.63. The van der Waals surface area contributed by atoms with Gasteiger partial charge in [0.1, 0.15) is 23.0 Å². The van der Waals surface area contributed by atoms with Gasteiger partial charge in [-0.1, -0.05) is 43.7 Å². The number of amides is 1. The van der Waals surface area contributed by atoms with Crippen molar-refractivity contribution in [2.24, 2.45) is 0 Å². The maximum atomic E-state index is 12.8. The van der Waals surface area contributed by atoms with Crippen LogP contribution in [0.15, 0.2) is 47.3 Å². The molecule has 0 saturated carbocycles. The molecule has 0 fully saturated rings. The van der Waals surface area contributed by atoms with Gasteiger partial charge < -0.3 is 20.4 Å². The molecule has 0 radical (unpaired) electrons. The summed E-state index contributed by atoms with van der Waals surface area (Å²) >= 11 is 0. The van der Waals surface area contributed by atoms with Crippen molar-refractivity contribution in [3.63, 3.8) is 0 Å². The highest BCUT2D eigenvalue weighted by Gasteiger charge is 2.18. The molecule has 9 heteroatoms. The number of H-pyrrole nitrogens is 1. The van der Waals surface area contributed by atoms with Crippen LogP contribution in [0, 0.1) is 5.41 Å². The SMILES string of the molecule is CCCC(=N)c1nc(-c2cc(-c3ccc(CC(=O)NO)cc3)ccc2OCC)[nH]c(=O)c1NC. The first-order valence-electron chi connectivity index (χ1n) is 11.1. The molecule has 1 amide bonds. The Hall–Kier alpha value is -3.98. The zero-order valence-corrected chi connectivity index (χ0v) is 19.5. The van der Waals surface area contributed by atoms with Crippen LogP contribution in [-0.2, 0) is 11.2 Å². The van der Waals surface area contributed by atoms with Gasteiger partial charge in [0, 0.05) is 7.05 Å². The number of anilines is 1. The normalized spacial score (nSPS) is 10.6. The first kappa shape index (κ1) is 24.7. The van der Waals surface area contributed by atoms with E-state index in [1.165, 1.54) is 0 Å². The third-order valence-corrected chi connectivity index (χ3v) is 5.27. The molecule has 0 aliphatic rings. The van der Waals surface area contributed by atoms with Gasteiger partial charge in [-0.25, -0.2) is 10.5 Å². The predicted molar refractivity (Wildman–Crippen MR) is 132 cm³/mol. The van der Waals surface area contributed by atoms with Crippen molar-refractivity contribution in [2.75, 3.05) is 19.0 Å². The molecule has 1 heterocycles. The Morgan fingerprint density at radius 2 is 1.85 bits per heavy atom. The number of aromatic nitrogens is 2. The van der Waals surface area contributed by atoms with E-state index in [1.54, 1.807) is 12.5 Å². The molecular weight excluding hydrogens is 434 g/mol. The minimum atomic E-state index is -0.486. The van der Waals surface area contributed by atoms with Gasteiger partial charge >= 0.3 is 0 Å². The van der Waals surface area contributed by atoms with Crippen molar-refractivity contribution < 1.29 is 14.7 Å². The molecular formula is C25H29N5O4. The quantitative estimate of drug-likeness (QED) is 0.176. The molecule has 0 aliphatic carbocycles. The lowest BCUT2D eigenvalue weighted by Crippen LogP contribution is -2.20. The number of carbonyl (C=O) groups excluding carboxylic acids is 1. The second kappa shape index (κ2) is 11.2. The topological polar surface area (TPSA) is 140 Å². The number of aromatic amines is 1. The van der Waals surface area contributed by atoms with Gasteiger partial charge in [-0.05, 0) is 42.2 Å². The fourth-order valence-corrected chi connectivity index (χ4v) is 3.64. The molecule has 3 rings (SSSR count). The van der Waals surface area contributed by atoms with Crippen LogP contribution in [0.1, 0.15) is 37.9 Å². The van der Waals surface area contributed by atoms with E-state index in [9.17, 15) is 9.59 Å². The fourth-order valence-electron chi connectivity index (χ4n) is 3.64. The van der Waals surface area contributed by atoms with E-state index in [4.69, 9.17) is 15.4 Å². The standard InChI is InChI=1S/C25H29N5O4/c1-4-6-19(26)22-23(27-3)25(32)29-24(28-22)18-14-17(11-12-20(18)34-5-2)16-9-7-15(8-10-16)13-21(31)30-33/h7-12,14,26-27,33H,4-6,13H2,1-3H3,(H,30,31)(H,28,29,32). The van der Waals surface area contributed by atoms with E-state index in [0.717, 1.165) is 23.1 Å². The van der Waals surface area contributed by atoms with E-state index in [2.05, 4.69) is 15.3 Å². The largest absolute Gasteiger partial charge is 0.493 e. The minimum absolute atomic E-state index is 0.0702. The lowest BCUT2D eigenvalue weighted by atomic mass is 10.00. The van der Waals surface area contributed by atoms with E-state index in [1.807, 2.05) is 56.3 Å². The van der Waals surface area contributed by atoms with Gasteiger partial charge in [0.25, 0.3) is 5.56 Å².